The Morgan fingerprint density at radius 2 is 1.74 bits per heavy atom. The molecule has 0 radical (unpaired) electrons. The van der Waals surface area contributed by atoms with E-state index in [9.17, 15) is 14.4 Å². The number of aromatic nitrogens is 3. The molecule has 4 aromatic rings. The van der Waals surface area contributed by atoms with Gasteiger partial charge in [0.15, 0.2) is 5.82 Å². The SMILES string of the molecule is CCNC(=O)CC1N=C(c2ccc(Cl)cc2)c2cc(OCCCCC(=O)Nc3ccc([Si](C)(C)O)cc3)ccc2-n2c(C)nnc21. The number of aryl methyl sites for hydroxylation is 1. The number of anilines is 1. The zero-order valence-corrected chi connectivity index (χ0v) is 28.3. The van der Waals surface area contributed by atoms with Crippen LogP contribution >= 0.6 is 11.6 Å². The third-order valence-corrected chi connectivity index (χ3v) is 9.71. The van der Waals surface area contributed by atoms with Crippen molar-refractivity contribution in [3.63, 3.8) is 0 Å². The van der Waals surface area contributed by atoms with E-state index in [4.69, 9.17) is 21.3 Å². The van der Waals surface area contributed by atoms with Crippen LogP contribution in [0.1, 0.15) is 61.4 Å². The monoisotopic (exact) mass is 658 g/mol. The number of carbonyl (C=O) groups excluding carboxylic acids is 2. The maximum absolute atomic E-state index is 12.7. The van der Waals surface area contributed by atoms with Gasteiger partial charge in [0, 0.05) is 34.8 Å². The summed E-state index contributed by atoms with van der Waals surface area (Å²) in [6.45, 7) is 8.44. The van der Waals surface area contributed by atoms with Gasteiger partial charge in [-0.1, -0.05) is 35.9 Å². The molecule has 10 nitrogen and oxygen atoms in total. The molecule has 12 heteroatoms. The summed E-state index contributed by atoms with van der Waals surface area (Å²) in [5, 5.41) is 16.1. The first-order chi connectivity index (χ1) is 22.0. The standard InChI is InChI=1S/C34H39ClN6O4Si/c1-5-36-32(43)21-29-34-40-39-22(2)41(34)30-18-15-26(20-28(30)33(38-29)23-9-11-24(35)12-10-23)45-19-7-6-8-31(42)37-25-13-16-27(17-14-25)46(3,4)44/h9-18,20,29,44H,5-8,19,21H2,1-4H3,(H,36,43)(H,37,42). The van der Waals surface area contributed by atoms with Crippen molar-refractivity contribution in [1.29, 1.82) is 0 Å². The molecule has 5 rings (SSSR count). The molecule has 0 spiro atoms. The lowest BCUT2D eigenvalue weighted by atomic mass is 10.00. The van der Waals surface area contributed by atoms with E-state index in [2.05, 4.69) is 20.8 Å². The molecular formula is C34H39ClN6O4Si. The summed E-state index contributed by atoms with van der Waals surface area (Å²) in [5.74, 6) is 1.76. The third kappa shape index (κ3) is 7.90. The maximum atomic E-state index is 12.7. The highest BCUT2D eigenvalue weighted by molar-refractivity contribution is 6.83. The molecule has 1 aromatic heterocycles. The number of ether oxygens (including phenoxy) is 1. The molecule has 46 heavy (non-hydrogen) atoms. The number of unbranched alkanes of at least 4 members (excludes halogenated alkanes) is 1. The van der Waals surface area contributed by atoms with Gasteiger partial charge in [0.25, 0.3) is 0 Å². The Kier molecular flexibility index (Phi) is 10.3. The highest BCUT2D eigenvalue weighted by Crippen LogP contribution is 2.34. The number of nitrogens with zero attached hydrogens (tertiary/aromatic N) is 4. The van der Waals surface area contributed by atoms with Crippen LogP contribution in [0.2, 0.25) is 18.1 Å². The first kappa shape index (κ1) is 33.1. The van der Waals surface area contributed by atoms with Crippen molar-refractivity contribution in [2.75, 3.05) is 18.5 Å². The number of rotatable bonds is 12. The summed E-state index contributed by atoms with van der Waals surface area (Å²) in [5.41, 5.74) is 3.92. The van der Waals surface area contributed by atoms with Gasteiger partial charge in [-0.05, 0) is 87.4 Å². The Balaban J connectivity index is 1.30. The summed E-state index contributed by atoms with van der Waals surface area (Å²) in [4.78, 5) is 40.6. The van der Waals surface area contributed by atoms with Crippen molar-refractivity contribution in [2.45, 2.75) is 58.7 Å². The summed E-state index contributed by atoms with van der Waals surface area (Å²) >= 11 is 6.21. The van der Waals surface area contributed by atoms with Gasteiger partial charge in [-0.25, -0.2) is 0 Å². The molecule has 1 atom stereocenters. The van der Waals surface area contributed by atoms with Gasteiger partial charge < -0.3 is 20.2 Å². The predicted octanol–water partition coefficient (Wildman–Crippen LogP) is 5.24. The first-order valence-corrected chi connectivity index (χ1v) is 18.8. The van der Waals surface area contributed by atoms with E-state index in [1.165, 1.54) is 0 Å². The fourth-order valence-corrected chi connectivity index (χ4v) is 6.46. The average molecular weight is 659 g/mol. The van der Waals surface area contributed by atoms with E-state index in [0.29, 0.717) is 66.2 Å². The van der Waals surface area contributed by atoms with E-state index in [1.54, 1.807) is 0 Å². The van der Waals surface area contributed by atoms with Gasteiger partial charge in [-0.15, -0.1) is 10.2 Å². The summed E-state index contributed by atoms with van der Waals surface area (Å²) < 4.78 is 8.10. The number of nitrogens with one attached hydrogen (secondary N) is 2. The second-order valence-electron chi connectivity index (χ2n) is 11.8. The van der Waals surface area contributed by atoms with Gasteiger partial charge in [-0.3, -0.25) is 19.1 Å². The molecule has 2 amide bonds. The van der Waals surface area contributed by atoms with Crippen LogP contribution < -0.4 is 20.6 Å². The quantitative estimate of drug-likeness (QED) is 0.141. The Labute approximate surface area is 275 Å². The van der Waals surface area contributed by atoms with Gasteiger partial charge in [-0.2, -0.15) is 0 Å². The van der Waals surface area contributed by atoms with Crippen LogP contribution in [0, 0.1) is 6.92 Å². The van der Waals surface area contributed by atoms with Crippen LogP contribution in [-0.4, -0.2) is 58.6 Å². The average Bonchev–Trinajstić information content (AvgIpc) is 3.34. The molecule has 3 N–H and O–H groups in total. The highest BCUT2D eigenvalue weighted by atomic mass is 35.5. The Bertz CT molecular complexity index is 1730. The predicted molar refractivity (Wildman–Crippen MR) is 183 cm³/mol. The van der Waals surface area contributed by atoms with Crippen molar-refractivity contribution in [3.8, 4) is 11.4 Å². The highest BCUT2D eigenvalue weighted by Gasteiger charge is 2.30. The lowest BCUT2D eigenvalue weighted by molar-refractivity contribution is -0.121. The molecule has 1 unspecified atom stereocenters. The topological polar surface area (TPSA) is 131 Å². The van der Waals surface area contributed by atoms with Crippen molar-refractivity contribution < 1.29 is 19.1 Å². The minimum absolute atomic E-state index is 0.0654. The van der Waals surface area contributed by atoms with E-state index in [0.717, 1.165) is 22.0 Å². The zero-order valence-electron chi connectivity index (χ0n) is 26.5. The van der Waals surface area contributed by atoms with Crippen molar-refractivity contribution in [1.82, 2.24) is 20.1 Å². The molecule has 1 aliphatic rings. The van der Waals surface area contributed by atoms with Crippen LogP contribution in [0.3, 0.4) is 0 Å². The van der Waals surface area contributed by atoms with Gasteiger partial charge in [0.2, 0.25) is 20.1 Å². The van der Waals surface area contributed by atoms with E-state index in [-0.39, 0.29) is 18.2 Å². The maximum Gasteiger partial charge on any atom is 0.224 e. The minimum Gasteiger partial charge on any atom is -0.494 e. The van der Waals surface area contributed by atoms with Crippen molar-refractivity contribution in [3.05, 3.63) is 94.5 Å². The molecule has 0 bridgehead atoms. The number of hydrogen-bond donors (Lipinski definition) is 3. The summed E-state index contributed by atoms with van der Waals surface area (Å²) in [6.07, 6.45) is 1.84. The number of amides is 2. The van der Waals surface area contributed by atoms with Gasteiger partial charge in [0.1, 0.15) is 17.6 Å². The number of carbonyl (C=O) groups is 2. The number of aliphatic imine (C=N–C) groups is 1. The normalized spacial score (nSPS) is 14.0. The second kappa shape index (κ2) is 14.4. The second-order valence-corrected chi connectivity index (χ2v) is 15.9. The molecule has 240 valence electrons. The van der Waals surface area contributed by atoms with Crippen LogP contribution in [0.15, 0.2) is 71.7 Å². The smallest absolute Gasteiger partial charge is 0.224 e. The Hall–Kier alpha value is -4.32. The van der Waals surface area contributed by atoms with Crippen LogP contribution in [0.4, 0.5) is 5.69 Å². The number of halogens is 1. The fraction of sp³-hybridized carbons (Fsp3) is 0.324. The first-order valence-electron chi connectivity index (χ1n) is 15.5. The number of hydrogen-bond acceptors (Lipinski definition) is 7. The third-order valence-electron chi connectivity index (χ3n) is 7.71. The van der Waals surface area contributed by atoms with E-state index < -0.39 is 14.4 Å². The zero-order chi connectivity index (χ0) is 32.8. The van der Waals surface area contributed by atoms with E-state index >= 15 is 0 Å². The molecule has 1 aliphatic heterocycles. The molecule has 0 aliphatic carbocycles. The minimum atomic E-state index is -2.37. The summed E-state index contributed by atoms with van der Waals surface area (Å²) in [7, 11) is -2.37. The fourth-order valence-electron chi connectivity index (χ4n) is 5.35. The molecule has 0 saturated carbocycles. The number of fused-ring (bicyclic) bond motifs is 3. The lowest BCUT2D eigenvalue weighted by Gasteiger charge is -2.15. The summed E-state index contributed by atoms with van der Waals surface area (Å²) in [6, 6.07) is 20.1. The van der Waals surface area contributed by atoms with Crippen molar-refractivity contribution >= 4 is 48.3 Å². The Morgan fingerprint density at radius 1 is 1.00 bits per heavy atom. The molecule has 3 aromatic carbocycles. The molecule has 0 saturated heterocycles. The van der Waals surface area contributed by atoms with Crippen molar-refractivity contribution in [2.24, 2.45) is 4.99 Å². The Morgan fingerprint density at radius 3 is 2.43 bits per heavy atom. The lowest BCUT2D eigenvalue weighted by Crippen LogP contribution is -2.41. The largest absolute Gasteiger partial charge is 0.494 e. The van der Waals surface area contributed by atoms with E-state index in [1.807, 2.05) is 98.2 Å². The molecule has 0 fully saturated rings. The van der Waals surface area contributed by atoms with Crippen LogP contribution in [0.25, 0.3) is 5.69 Å². The number of benzene rings is 3. The van der Waals surface area contributed by atoms with Gasteiger partial charge >= 0.3 is 0 Å². The van der Waals surface area contributed by atoms with Crippen LogP contribution in [-0.2, 0) is 9.59 Å². The van der Waals surface area contributed by atoms with Gasteiger partial charge in [0.05, 0.1) is 24.4 Å². The molecule has 2 heterocycles. The van der Waals surface area contributed by atoms with Crippen LogP contribution in [0.5, 0.6) is 5.75 Å². The molecular weight excluding hydrogens is 620 g/mol.